The van der Waals surface area contributed by atoms with Gasteiger partial charge in [-0.15, -0.1) is 0 Å². The van der Waals surface area contributed by atoms with Gasteiger partial charge in [-0.25, -0.2) is 4.98 Å². The average Bonchev–Trinajstić information content (AvgIpc) is 3.17. The van der Waals surface area contributed by atoms with Gasteiger partial charge in [0.25, 0.3) is 5.91 Å². The lowest BCUT2D eigenvalue weighted by atomic mass is 10.1. The Bertz CT molecular complexity index is 1220. The standard InChI is InChI=1S/C24H21ClN2O3/c1-3-16-8-11-22-20(12-16)27-24(30-22)18-13-17(9-10-19(18)25)26-23(28)14-29-21-7-5-4-6-15(21)2/h4-13H,3,14H2,1-2H3,(H,26,28). The number of hydrogen-bond donors (Lipinski definition) is 1. The lowest BCUT2D eigenvalue weighted by Gasteiger charge is -2.10. The van der Waals surface area contributed by atoms with Crippen molar-refractivity contribution in [1.29, 1.82) is 0 Å². The predicted octanol–water partition coefficient (Wildman–Crippen LogP) is 6.04. The fourth-order valence-corrected chi connectivity index (χ4v) is 3.33. The van der Waals surface area contributed by atoms with Gasteiger partial charge in [0.1, 0.15) is 11.3 Å². The highest BCUT2D eigenvalue weighted by Crippen LogP contribution is 2.32. The second-order valence-electron chi connectivity index (χ2n) is 6.97. The number of anilines is 1. The first-order chi connectivity index (χ1) is 14.5. The SMILES string of the molecule is CCc1ccc2oc(-c3cc(NC(=O)COc4ccccc4C)ccc3Cl)nc2c1. The second-order valence-corrected chi connectivity index (χ2v) is 7.38. The van der Waals surface area contributed by atoms with Gasteiger partial charge < -0.3 is 14.5 Å². The highest BCUT2D eigenvalue weighted by atomic mass is 35.5. The van der Waals surface area contributed by atoms with E-state index < -0.39 is 0 Å². The molecule has 4 aromatic rings. The molecule has 0 spiro atoms. The van der Waals surface area contributed by atoms with Crippen LogP contribution in [0, 0.1) is 6.92 Å². The first-order valence-electron chi connectivity index (χ1n) is 9.71. The van der Waals surface area contributed by atoms with Gasteiger partial charge in [0.15, 0.2) is 12.2 Å². The summed E-state index contributed by atoms with van der Waals surface area (Å²) in [5.74, 6) is 0.828. The van der Waals surface area contributed by atoms with Gasteiger partial charge in [-0.1, -0.05) is 42.8 Å². The number of halogens is 1. The van der Waals surface area contributed by atoms with Crippen LogP contribution in [0.15, 0.2) is 65.1 Å². The normalized spacial score (nSPS) is 10.9. The number of rotatable bonds is 6. The Labute approximate surface area is 179 Å². The monoisotopic (exact) mass is 420 g/mol. The average molecular weight is 421 g/mol. The summed E-state index contributed by atoms with van der Waals surface area (Å²) in [6, 6.07) is 18.7. The highest BCUT2D eigenvalue weighted by molar-refractivity contribution is 6.33. The van der Waals surface area contributed by atoms with Crippen LogP contribution in [0.25, 0.3) is 22.6 Å². The molecule has 5 nitrogen and oxygen atoms in total. The van der Waals surface area contributed by atoms with Gasteiger partial charge >= 0.3 is 0 Å². The van der Waals surface area contributed by atoms with E-state index in [9.17, 15) is 4.79 Å². The van der Waals surface area contributed by atoms with E-state index in [1.54, 1.807) is 18.2 Å². The topological polar surface area (TPSA) is 64.4 Å². The van der Waals surface area contributed by atoms with Gasteiger partial charge in [-0.3, -0.25) is 4.79 Å². The molecule has 0 aliphatic carbocycles. The summed E-state index contributed by atoms with van der Waals surface area (Å²) < 4.78 is 11.5. The number of fused-ring (bicyclic) bond motifs is 1. The fraction of sp³-hybridized carbons (Fsp3) is 0.167. The van der Waals surface area contributed by atoms with Crippen molar-refractivity contribution in [2.45, 2.75) is 20.3 Å². The van der Waals surface area contributed by atoms with Crippen LogP contribution in [0.5, 0.6) is 5.75 Å². The van der Waals surface area contributed by atoms with Crippen LogP contribution in [0.1, 0.15) is 18.1 Å². The molecular weight excluding hydrogens is 400 g/mol. The Morgan fingerprint density at radius 2 is 1.97 bits per heavy atom. The molecule has 1 amide bonds. The summed E-state index contributed by atoms with van der Waals surface area (Å²) in [6.07, 6.45) is 0.922. The molecular formula is C24H21ClN2O3. The molecule has 0 saturated carbocycles. The van der Waals surface area contributed by atoms with Gasteiger partial charge in [0, 0.05) is 5.69 Å². The summed E-state index contributed by atoms with van der Waals surface area (Å²) in [4.78, 5) is 16.9. The molecule has 152 valence electrons. The fourth-order valence-electron chi connectivity index (χ4n) is 3.13. The minimum atomic E-state index is -0.267. The van der Waals surface area contributed by atoms with E-state index in [1.807, 2.05) is 49.4 Å². The number of nitrogens with zero attached hydrogens (tertiary/aromatic N) is 1. The first kappa shape index (κ1) is 20.0. The number of carbonyl (C=O) groups is 1. The molecule has 0 saturated heterocycles. The molecule has 0 aliphatic rings. The highest BCUT2D eigenvalue weighted by Gasteiger charge is 2.14. The second kappa shape index (κ2) is 8.59. The molecule has 0 aliphatic heterocycles. The number of ether oxygens (including phenoxy) is 1. The molecule has 0 radical (unpaired) electrons. The zero-order chi connectivity index (χ0) is 21.1. The summed E-state index contributed by atoms with van der Waals surface area (Å²) in [7, 11) is 0. The van der Waals surface area contributed by atoms with Gasteiger partial charge in [0.2, 0.25) is 5.89 Å². The van der Waals surface area contributed by atoms with E-state index in [2.05, 4.69) is 17.2 Å². The summed E-state index contributed by atoms with van der Waals surface area (Å²) >= 11 is 6.37. The third-order valence-electron chi connectivity index (χ3n) is 4.79. The van der Waals surface area contributed by atoms with Crippen molar-refractivity contribution in [1.82, 2.24) is 4.98 Å². The van der Waals surface area contributed by atoms with Gasteiger partial charge in [0.05, 0.1) is 10.6 Å². The molecule has 1 N–H and O–H groups in total. The van der Waals surface area contributed by atoms with E-state index in [0.717, 1.165) is 17.5 Å². The van der Waals surface area contributed by atoms with Crippen LogP contribution >= 0.6 is 11.6 Å². The smallest absolute Gasteiger partial charge is 0.262 e. The Balaban J connectivity index is 1.52. The van der Waals surface area contributed by atoms with Crippen LogP contribution in [-0.2, 0) is 11.2 Å². The summed E-state index contributed by atoms with van der Waals surface area (Å²) in [6.45, 7) is 3.93. The Morgan fingerprint density at radius 3 is 2.77 bits per heavy atom. The van der Waals surface area contributed by atoms with E-state index in [0.29, 0.717) is 33.5 Å². The largest absolute Gasteiger partial charge is 0.483 e. The third kappa shape index (κ3) is 4.31. The molecule has 1 aromatic heterocycles. The van der Waals surface area contributed by atoms with Crippen LogP contribution in [0.4, 0.5) is 5.69 Å². The van der Waals surface area contributed by atoms with E-state index in [4.69, 9.17) is 20.8 Å². The molecule has 0 atom stereocenters. The maximum atomic E-state index is 12.3. The molecule has 4 rings (SSSR count). The minimum Gasteiger partial charge on any atom is -0.483 e. The van der Waals surface area contributed by atoms with Gasteiger partial charge in [-0.2, -0.15) is 0 Å². The maximum Gasteiger partial charge on any atom is 0.262 e. The molecule has 0 unspecified atom stereocenters. The molecule has 0 fully saturated rings. The van der Waals surface area contributed by atoms with Crippen molar-refractivity contribution in [2.75, 3.05) is 11.9 Å². The number of para-hydroxylation sites is 1. The Kier molecular flexibility index (Phi) is 5.72. The zero-order valence-corrected chi connectivity index (χ0v) is 17.5. The van der Waals surface area contributed by atoms with Crippen molar-refractivity contribution >= 4 is 34.3 Å². The van der Waals surface area contributed by atoms with Crippen LogP contribution in [0.3, 0.4) is 0 Å². The Hall–Kier alpha value is -3.31. The van der Waals surface area contributed by atoms with Crippen molar-refractivity contribution in [3.8, 4) is 17.2 Å². The van der Waals surface area contributed by atoms with Crippen LogP contribution < -0.4 is 10.1 Å². The lowest BCUT2D eigenvalue weighted by Crippen LogP contribution is -2.20. The minimum absolute atomic E-state index is 0.0918. The number of amides is 1. The van der Waals surface area contributed by atoms with Crippen molar-refractivity contribution < 1.29 is 13.9 Å². The van der Waals surface area contributed by atoms with E-state index >= 15 is 0 Å². The van der Waals surface area contributed by atoms with Crippen LogP contribution in [-0.4, -0.2) is 17.5 Å². The molecule has 6 heteroatoms. The summed E-state index contributed by atoms with van der Waals surface area (Å²) in [5.41, 5.74) is 4.83. The number of benzene rings is 3. The third-order valence-corrected chi connectivity index (χ3v) is 5.12. The number of nitrogens with one attached hydrogen (secondary N) is 1. The van der Waals surface area contributed by atoms with Gasteiger partial charge in [-0.05, 0) is 60.9 Å². The molecule has 3 aromatic carbocycles. The number of aryl methyl sites for hydroxylation is 2. The van der Waals surface area contributed by atoms with Crippen molar-refractivity contribution in [3.05, 3.63) is 76.8 Å². The van der Waals surface area contributed by atoms with Crippen molar-refractivity contribution in [2.24, 2.45) is 0 Å². The number of hydrogen-bond acceptors (Lipinski definition) is 4. The summed E-state index contributed by atoms with van der Waals surface area (Å²) in [5, 5.41) is 3.32. The molecule has 0 bridgehead atoms. The van der Waals surface area contributed by atoms with Crippen molar-refractivity contribution in [3.63, 3.8) is 0 Å². The number of carbonyl (C=O) groups excluding carboxylic acids is 1. The maximum absolute atomic E-state index is 12.3. The Morgan fingerprint density at radius 1 is 1.13 bits per heavy atom. The zero-order valence-electron chi connectivity index (χ0n) is 16.7. The number of aromatic nitrogens is 1. The predicted molar refractivity (Wildman–Crippen MR) is 119 cm³/mol. The van der Waals surface area contributed by atoms with E-state index in [1.165, 1.54) is 5.56 Å². The van der Waals surface area contributed by atoms with Crippen LogP contribution in [0.2, 0.25) is 5.02 Å². The number of oxazole rings is 1. The van der Waals surface area contributed by atoms with E-state index in [-0.39, 0.29) is 12.5 Å². The molecule has 1 heterocycles. The quantitative estimate of drug-likeness (QED) is 0.413. The lowest BCUT2D eigenvalue weighted by molar-refractivity contribution is -0.118. The molecule has 30 heavy (non-hydrogen) atoms. The first-order valence-corrected chi connectivity index (χ1v) is 10.1.